The van der Waals surface area contributed by atoms with Gasteiger partial charge in [-0.25, -0.2) is 9.59 Å². The van der Waals surface area contributed by atoms with Gasteiger partial charge in [0, 0.05) is 17.4 Å². The van der Waals surface area contributed by atoms with Crippen LogP contribution in [0.2, 0.25) is 0 Å². The Morgan fingerprint density at radius 1 is 1.16 bits per heavy atom. The van der Waals surface area contributed by atoms with E-state index in [0.29, 0.717) is 16.9 Å². The fraction of sp³-hybridized carbons (Fsp3) is 0.217. The predicted molar refractivity (Wildman–Crippen MR) is 113 cm³/mol. The second-order valence-corrected chi connectivity index (χ2v) is 7.02. The van der Waals surface area contributed by atoms with Gasteiger partial charge in [0.25, 0.3) is 5.91 Å². The van der Waals surface area contributed by atoms with E-state index in [0.717, 1.165) is 16.9 Å². The molecule has 8 heteroatoms. The number of carbonyl (C=O) groups excluding carboxylic acids is 2. The van der Waals surface area contributed by atoms with Gasteiger partial charge in [-0.15, -0.1) is 0 Å². The summed E-state index contributed by atoms with van der Waals surface area (Å²) in [5.41, 5.74) is 2.59. The van der Waals surface area contributed by atoms with Crippen molar-refractivity contribution in [3.63, 3.8) is 0 Å². The monoisotopic (exact) mass is 419 g/mol. The standard InChI is InChI=1S/C23H21N3O5/c1-13-10-20(28)31-16(4)21(13)23(29)30-12-19(27)25-22-18(11-24)14(2)15(3)26(22)17-8-6-5-7-9-17/h5-10H,12H2,1-4H3,(H,25,27). The number of carbonyl (C=O) groups is 2. The van der Waals surface area contributed by atoms with E-state index in [2.05, 4.69) is 11.4 Å². The summed E-state index contributed by atoms with van der Waals surface area (Å²) >= 11 is 0. The highest BCUT2D eigenvalue weighted by atomic mass is 16.5. The molecule has 0 spiro atoms. The van der Waals surface area contributed by atoms with Gasteiger partial charge in [0.15, 0.2) is 6.61 Å². The van der Waals surface area contributed by atoms with Gasteiger partial charge in [-0.3, -0.25) is 9.36 Å². The van der Waals surface area contributed by atoms with Crippen LogP contribution in [0.3, 0.4) is 0 Å². The first-order valence-corrected chi connectivity index (χ1v) is 9.50. The number of ether oxygens (including phenoxy) is 1. The number of aromatic nitrogens is 1. The third-order valence-electron chi connectivity index (χ3n) is 4.97. The van der Waals surface area contributed by atoms with Gasteiger partial charge in [0.2, 0.25) is 0 Å². The number of amides is 1. The number of anilines is 1. The SMILES string of the molecule is Cc1cc(=O)oc(C)c1C(=O)OCC(=O)Nc1c(C#N)c(C)c(C)n1-c1ccccc1. The number of hydrogen-bond donors (Lipinski definition) is 1. The number of nitrogens with zero attached hydrogens (tertiary/aromatic N) is 2. The molecule has 0 saturated carbocycles. The van der Waals surface area contributed by atoms with Crippen molar-refractivity contribution in [1.29, 1.82) is 5.26 Å². The molecule has 1 N–H and O–H groups in total. The lowest BCUT2D eigenvalue weighted by Crippen LogP contribution is -2.23. The normalized spacial score (nSPS) is 10.4. The molecule has 3 aromatic rings. The molecule has 0 aliphatic carbocycles. The molecule has 0 aliphatic heterocycles. The Labute approximate surface area is 178 Å². The molecule has 0 fully saturated rings. The highest BCUT2D eigenvalue weighted by Gasteiger charge is 2.22. The first-order chi connectivity index (χ1) is 14.7. The fourth-order valence-corrected chi connectivity index (χ4v) is 3.39. The van der Waals surface area contributed by atoms with Crippen LogP contribution in [-0.4, -0.2) is 23.1 Å². The largest absolute Gasteiger partial charge is 0.452 e. The lowest BCUT2D eigenvalue weighted by atomic mass is 10.1. The third-order valence-corrected chi connectivity index (χ3v) is 4.97. The van der Waals surface area contributed by atoms with Crippen molar-refractivity contribution in [3.8, 4) is 11.8 Å². The number of benzene rings is 1. The second-order valence-electron chi connectivity index (χ2n) is 7.02. The molecule has 158 valence electrons. The topological polar surface area (TPSA) is 114 Å². The van der Waals surface area contributed by atoms with E-state index in [4.69, 9.17) is 9.15 Å². The summed E-state index contributed by atoms with van der Waals surface area (Å²) in [6.45, 7) is 6.14. The molecule has 1 aromatic carbocycles. The molecule has 0 aliphatic rings. The summed E-state index contributed by atoms with van der Waals surface area (Å²) in [7, 11) is 0. The van der Waals surface area contributed by atoms with E-state index in [9.17, 15) is 19.6 Å². The number of nitrogens with one attached hydrogen (secondary N) is 1. The van der Waals surface area contributed by atoms with Gasteiger partial charge in [-0.1, -0.05) is 18.2 Å². The maximum absolute atomic E-state index is 12.6. The van der Waals surface area contributed by atoms with E-state index in [1.807, 2.05) is 37.3 Å². The molecule has 0 saturated heterocycles. The third kappa shape index (κ3) is 4.26. The minimum absolute atomic E-state index is 0.101. The molecular weight excluding hydrogens is 398 g/mol. The summed E-state index contributed by atoms with van der Waals surface area (Å²) in [5, 5.41) is 12.3. The number of aryl methyl sites for hydroxylation is 2. The molecule has 0 atom stereocenters. The summed E-state index contributed by atoms with van der Waals surface area (Å²) in [6, 6.07) is 12.6. The van der Waals surface area contributed by atoms with E-state index in [1.165, 1.54) is 13.0 Å². The molecule has 8 nitrogen and oxygen atoms in total. The number of nitriles is 1. The van der Waals surface area contributed by atoms with Crippen molar-refractivity contribution in [1.82, 2.24) is 4.57 Å². The molecule has 2 aromatic heterocycles. The number of esters is 1. The van der Waals surface area contributed by atoms with Crippen molar-refractivity contribution >= 4 is 17.7 Å². The fourth-order valence-electron chi connectivity index (χ4n) is 3.39. The minimum Gasteiger partial charge on any atom is -0.452 e. The van der Waals surface area contributed by atoms with E-state index >= 15 is 0 Å². The molecule has 2 heterocycles. The van der Waals surface area contributed by atoms with Crippen molar-refractivity contribution in [2.45, 2.75) is 27.7 Å². The number of para-hydroxylation sites is 1. The summed E-state index contributed by atoms with van der Waals surface area (Å²) in [5.74, 6) is -0.957. The van der Waals surface area contributed by atoms with Crippen LogP contribution in [0.1, 0.15) is 38.5 Å². The van der Waals surface area contributed by atoms with E-state index in [1.54, 1.807) is 18.4 Å². The Bertz CT molecular complexity index is 1240. The predicted octanol–water partition coefficient (Wildman–Crippen LogP) is 3.33. The van der Waals surface area contributed by atoms with Crippen LogP contribution in [0.5, 0.6) is 0 Å². The zero-order valence-corrected chi connectivity index (χ0v) is 17.6. The van der Waals surface area contributed by atoms with Crippen molar-refractivity contribution in [2.24, 2.45) is 0 Å². The molecule has 0 unspecified atom stereocenters. The number of hydrogen-bond acceptors (Lipinski definition) is 6. The van der Waals surface area contributed by atoms with E-state index < -0.39 is 24.1 Å². The zero-order valence-electron chi connectivity index (χ0n) is 17.6. The van der Waals surface area contributed by atoms with Crippen LogP contribution in [0, 0.1) is 39.0 Å². The first kappa shape index (κ1) is 21.6. The Morgan fingerprint density at radius 3 is 2.45 bits per heavy atom. The smallest absolute Gasteiger partial charge is 0.342 e. The highest BCUT2D eigenvalue weighted by Crippen LogP contribution is 2.29. The lowest BCUT2D eigenvalue weighted by Gasteiger charge is -2.13. The van der Waals surface area contributed by atoms with Crippen LogP contribution in [0.4, 0.5) is 5.82 Å². The molecule has 0 radical (unpaired) electrons. The molecule has 0 bridgehead atoms. The van der Waals surface area contributed by atoms with Crippen LogP contribution >= 0.6 is 0 Å². The summed E-state index contributed by atoms with van der Waals surface area (Å²) in [6.07, 6.45) is 0. The van der Waals surface area contributed by atoms with Crippen LogP contribution in [0.15, 0.2) is 45.6 Å². The van der Waals surface area contributed by atoms with Gasteiger partial charge in [-0.05, 0) is 51.0 Å². The van der Waals surface area contributed by atoms with E-state index in [-0.39, 0.29) is 11.3 Å². The Morgan fingerprint density at radius 2 is 1.84 bits per heavy atom. The number of rotatable bonds is 5. The van der Waals surface area contributed by atoms with Crippen molar-refractivity contribution < 1.29 is 18.7 Å². The summed E-state index contributed by atoms with van der Waals surface area (Å²) < 4.78 is 11.8. The van der Waals surface area contributed by atoms with Crippen molar-refractivity contribution in [2.75, 3.05) is 11.9 Å². The lowest BCUT2D eigenvalue weighted by molar-refractivity contribution is -0.119. The maximum atomic E-state index is 12.6. The van der Waals surface area contributed by atoms with Gasteiger partial charge >= 0.3 is 11.6 Å². The van der Waals surface area contributed by atoms with Gasteiger partial charge in [-0.2, -0.15) is 5.26 Å². The van der Waals surface area contributed by atoms with Crippen molar-refractivity contribution in [3.05, 3.63) is 80.5 Å². The maximum Gasteiger partial charge on any atom is 0.342 e. The molecule has 1 amide bonds. The Hall–Kier alpha value is -4.12. The Kier molecular flexibility index (Phi) is 6.07. The van der Waals surface area contributed by atoms with Crippen LogP contribution in [-0.2, 0) is 9.53 Å². The van der Waals surface area contributed by atoms with Gasteiger partial charge < -0.3 is 14.5 Å². The minimum atomic E-state index is -0.778. The van der Waals surface area contributed by atoms with Gasteiger partial charge in [0.05, 0.1) is 5.56 Å². The molecule has 3 rings (SSSR count). The first-order valence-electron chi connectivity index (χ1n) is 9.50. The summed E-state index contributed by atoms with van der Waals surface area (Å²) in [4.78, 5) is 36.3. The van der Waals surface area contributed by atoms with Crippen LogP contribution in [0.25, 0.3) is 5.69 Å². The van der Waals surface area contributed by atoms with Gasteiger partial charge in [0.1, 0.15) is 23.2 Å². The average Bonchev–Trinajstić information content (AvgIpc) is 2.95. The molecule has 31 heavy (non-hydrogen) atoms. The Balaban J connectivity index is 1.83. The van der Waals surface area contributed by atoms with Crippen LogP contribution < -0.4 is 10.9 Å². The average molecular weight is 419 g/mol. The molecular formula is C23H21N3O5. The second kappa shape index (κ2) is 8.71. The highest BCUT2D eigenvalue weighted by molar-refractivity contribution is 5.97. The quantitative estimate of drug-likeness (QED) is 0.635. The zero-order chi connectivity index (χ0) is 22.7.